The van der Waals surface area contributed by atoms with Gasteiger partial charge in [-0.05, 0) is 11.6 Å². The molecule has 1 atom stereocenters. The topological polar surface area (TPSA) is 69.2 Å². The van der Waals surface area contributed by atoms with Gasteiger partial charge in [0.1, 0.15) is 0 Å². The van der Waals surface area contributed by atoms with Gasteiger partial charge in [-0.2, -0.15) is 0 Å². The van der Waals surface area contributed by atoms with E-state index in [1.54, 1.807) is 12.1 Å². The fraction of sp³-hybridized carbons (Fsp3) is 0.143. The summed E-state index contributed by atoms with van der Waals surface area (Å²) >= 11 is 0. The van der Waals surface area contributed by atoms with Crippen LogP contribution in [-0.4, -0.2) is 4.92 Å². The van der Waals surface area contributed by atoms with Crippen LogP contribution < -0.4 is 5.73 Å². The van der Waals surface area contributed by atoms with E-state index in [2.05, 4.69) is 0 Å². The SMILES string of the molecule is NC1c2ccc([N+](=O)[O-])c1c2. The zero-order chi connectivity index (χ0) is 8.01. The summed E-state index contributed by atoms with van der Waals surface area (Å²) < 4.78 is 0. The molecule has 1 aromatic rings. The van der Waals surface area contributed by atoms with Crippen molar-refractivity contribution in [3.63, 3.8) is 0 Å². The summed E-state index contributed by atoms with van der Waals surface area (Å²) in [6.07, 6.45) is 0. The van der Waals surface area contributed by atoms with E-state index >= 15 is 0 Å². The summed E-state index contributed by atoms with van der Waals surface area (Å²) in [6.45, 7) is 0. The maximum atomic E-state index is 10.3. The highest BCUT2D eigenvalue weighted by atomic mass is 16.6. The summed E-state index contributed by atoms with van der Waals surface area (Å²) in [6, 6.07) is 4.72. The van der Waals surface area contributed by atoms with Crippen molar-refractivity contribution in [2.45, 2.75) is 6.04 Å². The molecule has 0 heterocycles. The van der Waals surface area contributed by atoms with E-state index in [9.17, 15) is 10.1 Å². The molecule has 0 saturated carbocycles. The lowest BCUT2D eigenvalue weighted by Gasteiger charge is -2.22. The number of nitrogens with zero attached hydrogens (tertiary/aromatic N) is 1. The first kappa shape index (κ1) is 6.30. The molecule has 0 saturated heterocycles. The average Bonchev–Trinajstić information content (AvgIpc) is 2.03. The molecule has 0 radical (unpaired) electrons. The quantitative estimate of drug-likeness (QED) is 0.478. The van der Waals surface area contributed by atoms with Gasteiger partial charge in [0, 0.05) is 6.07 Å². The maximum Gasteiger partial charge on any atom is 0.274 e. The number of nitro groups is 1. The summed E-state index contributed by atoms with van der Waals surface area (Å²) in [5, 5.41) is 10.3. The first-order valence-electron chi connectivity index (χ1n) is 3.24. The second-order valence-corrected chi connectivity index (χ2v) is 2.55. The Labute approximate surface area is 62.8 Å². The summed E-state index contributed by atoms with van der Waals surface area (Å²) in [5.41, 5.74) is 7.33. The molecule has 4 nitrogen and oxygen atoms in total. The van der Waals surface area contributed by atoms with Crippen LogP contribution in [0.25, 0.3) is 0 Å². The van der Waals surface area contributed by atoms with E-state index in [0.29, 0.717) is 5.56 Å². The molecule has 1 aromatic carbocycles. The van der Waals surface area contributed by atoms with Gasteiger partial charge in [-0.15, -0.1) is 0 Å². The first-order valence-corrected chi connectivity index (χ1v) is 3.24. The van der Waals surface area contributed by atoms with Crippen LogP contribution in [-0.2, 0) is 0 Å². The van der Waals surface area contributed by atoms with Crippen molar-refractivity contribution in [3.8, 4) is 0 Å². The van der Waals surface area contributed by atoms with Gasteiger partial charge in [0.15, 0.2) is 0 Å². The van der Waals surface area contributed by atoms with Crippen molar-refractivity contribution >= 4 is 5.69 Å². The Morgan fingerprint density at radius 3 is 2.64 bits per heavy atom. The first-order chi connectivity index (χ1) is 5.20. The van der Waals surface area contributed by atoms with Crippen LogP contribution >= 0.6 is 0 Å². The van der Waals surface area contributed by atoms with Crippen LogP contribution in [0.4, 0.5) is 5.69 Å². The predicted molar refractivity (Wildman–Crippen MR) is 39.1 cm³/mol. The number of hydrogen-bond donors (Lipinski definition) is 1. The summed E-state index contributed by atoms with van der Waals surface area (Å²) in [7, 11) is 0. The molecule has 1 unspecified atom stereocenters. The van der Waals surface area contributed by atoms with E-state index in [4.69, 9.17) is 5.73 Å². The van der Waals surface area contributed by atoms with E-state index in [-0.39, 0.29) is 11.7 Å². The average molecular weight is 150 g/mol. The lowest BCUT2D eigenvalue weighted by Crippen LogP contribution is -2.21. The highest BCUT2D eigenvalue weighted by Crippen LogP contribution is 2.37. The summed E-state index contributed by atoms with van der Waals surface area (Å²) in [4.78, 5) is 9.94. The van der Waals surface area contributed by atoms with Gasteiger partial charge in [-0.3, -0.25) is 10.1 Å². The largest absolute Gasteiger partial charge is 0.320 e. The predicted octanol–water partition coefficient (Wildman–Crippen LogP) is 0.956. The molecule has 11 heavy (non-hydrogen) atoms. The van der Waals surface area contributed by atoms with Crippen LogP contribution in [0.3, 0.4) is 0 Å². The minimum atomic E-state index is -0.405. The van der Waals surface area contributed by atoms with Crippen molar-refractivity contribution in [1.82, 2.24) is 0 Å². The number of hydrogen-bond acceptors (Lipinski definition) is 3. The van der Waals surface area contributed by atoms with Crippen LogP contribution in [0.15, 0.2) is 18.2 Å². The van der Waals surface area contributed by atoms with Gasteiger partial charge in [-0.25, -0.2) is 0 Å². The molecule has 0 amide bonds. The van der Waals surface area contributed by atoms with Crippen molar-refractivity contribution in [2.24, 2.45) is 5.73 Å². The smallest absolute Gasteiger partial charge is 0.274 e. The minimum absolute atomic E-state index is 0.132. The molecule has 2 aliphatic carbocycles. The third-order valence-electron chi connectivity index (χ3n) is 1.94. The number of fused-ring (bicyclic) bond motifs is 2. The molecule has 4 heteroatoms. The van der Waals surface area contributed by atoms with Crippen molar-refractivity contribution in [1.29, 1.82) is 0 Å². The molecule has 2 bridgehead atoms. The molecule has 0 spiro atoms. The van der Waals surface area contributed by atoms with Crippen LogP contribution in [0.5, 0.6) is 0 Å². The molecule has 3 rings (SSSR count). The van der Waals surface area contributed by atoms with E-state index in [0.717, 1.165) is 5.56 Å². The Morgan fingerprint density at radius 1 is 1.55 bits per heavy atom. The second kappa shape index (κ2) is 1.79. The molecule has 2 aliphatic rings. The molecule has 0 fully saturated rings. The van der Waals surface area contributed by atoms with Crippen LogP contribution in [0, 0.1) is 10.1 Å². The highest BCUT2D eigenvalue weighted by Gasteiger charge is 2.28. The van der Waals surface area contributed by atoms with Gasteiger partial charge in [0.2, 0.25) is 0 Å². The number of rotatable bonds is 1. The van der Waals surface area contributed by atoms with Crippen LogP contribution in [0.1, 0.15) is 17.2 Å². The Balaban J connectivity index is 2.56. The van der Waals surface area contributed by atoms with Crippen molar-refractivity contribution in [2.75, 3.05) is 0 Å². The molecule has 0 aromatic heterocycles. The Bertz CT molecular complexity index is 331. The molecule has 56 valence electrons. The number of nitrogens with two attached hydrogens (primary N) is 1. The minimum Gasteiger partial charge on any atom is -0.320 e. The standard InChI is InChI=1S/C7H6N2O2/c8-7-4-1-2-6(9(10)11)5(7)3-4/h1-3,7H,8H2. The maximum absolute atomic E-state index is 10.3. The van der Waals surface area contributed by atoms with Crippen molar-refractivity contribution in [3.05, 3.63) is 39.4 Å². The highest BCUT2D eigenvalue weighted by molar-refractivity contribution is 5.56. The van der Waals surface area contributed by atoms with Gasteiger partial charge in [0.25, 0.3) is 5.69 Å². The molecule has 0 aliphatic heterocycles. The zero-order valence-electron chi connectivity index (χ0n) is 5.65. The van der Waals surface area contributed by atoms with Crippen molar-refractivity contribution < 1.29 is 4.92 Å². The number of benzene rings is 1. The molecular weight excluding hydrogens is 144 g/mol. The van der Waals surface area contributed by atoms with Gasteiger partial charge < -0.3 is 5.73 Å². The lowest BCUT2D eigenvalue weighted by molar-refractivity contribution is -0.386. The lowest BCUT2D eigenvalue weighted by atomic mass is 9.86. The Kier molecular flexibility index (Phi) is 1.03. The molecule has 2 N–H and O–H groups in total. The Hall–Kier alpha value is -1.42. The van der Waals surface area contributed by atoms with E-state index in [1.807, 2.05) is 0 Å². The van der Waals surface area contributed by atoms with Gasteiger partial charge in [0.05, 0.1) is 16.5 Å². The fourth-order valence-electron chi connectivity index (χ4n) is 1.27. The van der Waals surface area contributed by atoms with E-state index in [1.165, 1.54) is 6.07 Å². The second-order valence-electron chi connectivity index (χ2n) is 2.55. The number of nitro benzene ring substituents is 1. The van der Waals surface area contributed by atoms with Crippen LogP contribution in [0.2, 0.25) is 0 Å². The normalized spacial score (nSPS) is 19.2. The molecular formula is C7H6N2O2. The Morgan fingerprint density at radius 2 is 2.27 bits per heavy atom. The summed E-state index contributed by atoms with van der Waals surface area (Å²) in [5.74, 6) is 0. The van der Waals surface area contributed by atoms with E-state index < -0.39 is 4.92 Å². The monoisotopic (exact) mass is 150 g/mol. The third kappa shape index (κ3) is 0.668. The zero-order valence-corrected chi connectivity index (χ0v) is 5.65. The van der Waals surface area contributed by atoms with Gasteiger partial charge >= 0.3 is 0 Å². The third-order valence-corrected chi connectivity index (χ3v) is 1.94. The fourth-order valence-corrected chi connectivity index (χ4v) is 1.27. The van der Waals surface area contributed by atoms with Gasteiger partial charge in [-0.1, -0.05) is 6.07 Å².